The Morgan fingerprint density at radius 3 is 2.31 bits per heavy atom. The Balaban J connectivity index is 1.91. The number of hydrogen-bond donors (Lipinski definition) is 0. The fourth-order valence-corrected chi connectivity index (χ4v) is 6.10. The van der Waals surface area contributed by atoms with Crippen molar-refractivity contribution in [2.24, 2.45) is 0 Å². The lowest BCUT2D eigenvalue weighted by Gasteiger charge is -2.29. The van der Waals surface area contributed by atoms with Gasteiger partial charge in [-0.2, -0.15) is 4.31 Å². The summed E-state index contributed by atoms with van der Waals surface area (Å²) in [5, 5.41) is 0.458. The number of aromatic nitrogens is 2. The largest absolute Gasteiger partial charge is 0.494 e. The van der Waals surface area contributed by atoms with Gasteiger partial charge in [-0.1, -0.05) is 35.0 Å². The molecule has 7 nitrogen and oxygen atoms in total. The Kier molecular flexibility index (Phi) is 7.92. The molecule has 4 aromatic rings. The van der Waals surface area contributed by atoms with Gasteiger partial charge in [-0.05, 0) is 80.9 Å². The first kappa shape index (κ1) is 26.1. The molecule has 0 aliphatic carbocycles. The van der Waals surface area contributed by atoms with Gasteiger partial charge in [0.25, 0.3) is 5.56 Å². The van der Waals surface area contributed by atoms with Gasteiger partial charge in [-0.25, -0.2) is 13.4 Å². The number of sulfonamides is 1. The quantitative estimate of drug-likeness (QED) is 0.258. The molecule has 36 heavy (non-hydrogen) atoms. The summed E-state index contributed by atoms with van der Waals surface area (Å²) in [4.78, 5) is 18.7. The van der Waals surface area contributed by atoms with E-state index in [4.69, 9.17) is 9.72 Å². The van der Waals surface area contributed by atoms with Gasteiger partial charge in [0.15, 0.2) is 0 Å². The molecule has 0 saturated heterocycles. The van der Waals surface area contributed by atoms with Crippen LogP contribution >= 0.6 is 15.9 Å². The van der Waals surface area contributed by atoms with E-state index in [1.165, 1.54) is 8.87 Å². The zero-order valence-corrected chi connectivity index (χ0v) is 22.8. The molecular formula is C27H28BrN3O4S. The third kappa shape index (κ3) is 5.09. The Morgan fingerprint density at radius 2 is 1.67 bits per heavy atom. The molecule has 0 saturated carbocycles. The maximum absolute atomic E-state index is 13.7. The zero-order valence-electron chi connectivity index (χ0n) is 20.4. The van der Waals surface area contributed by atoms with Crippen molar-refractivity contribution in [3.8, 4) is 11.4 Å². The average molecular weight is 571 g/mol. The van der Waals surface area contributed by atoms with E-state index in [0.29, 0.717) is 41.2 Å². The maximum atomic E-state index is 13.7. The molecular weight excluding hydrogens is 542 g/mol. The third-order valence-electron chi connectivity index (χ3n) is 5.88. The lowest BCUT2D eigenvalue weighted by Crippen LogP contribution is -2.38. The standard InChI is InChI=1S/C27H28BrN3O4S/c1-4-18-30(36(33,34)23-16-10-20(28)11-17-23)19(3)26-29-25-9-7-6-8-24(25)27(32)31(26)21-12-14-22(15-13-21)35-5-2/h6-17,19H,4-5,18H2,1-3H3. The Bertz CT molecular complexity index is 1520. The van der Waals surface area contributed by atoms with Gasteiger partial charge >= 0.3 is 0 Å². The smallest absolute Gasteiger partial charge is 0.266 e. The number of hydrogen-bond acceptors (Lipinski definition) is 5. The monoisotopic (exact) mass is 569 g/mol. The van der Waals surface area contributed by atoms with Crippen molar-refractivity contribution in [1.29, 1.82) is 0 Å². The lowest BCUT2D eigenvalue weighted by molar-refractivity contribution is 0.327. The molecule has 0 bridgehead atoms. The van der Waals surface area contributed by atoms with Crippen LogP contribution in [-0.2, 0) is 10.0 Å². The highest BCUT2D eigenvalue weighted by atomic mass is 79.9. The van der Waals surface area contributed by atoms with Crippen LogP contribution in [0.25, 0.3) is 16.6 Å². The van der Waals surface area contributed by atoms with E-state index in [1.807, 2.05) is 19.9 Å². The molecule has 0 fully saturated rings. The van der Waals surface area contributed by atoms with Crippen LogP contribution in [-0.4, -0.2) is 35.4 Å². The van der Waals surface area contributed by atoms with E-state index in [-0.39, 0.29) is 17.0 Å². The normalized spacial score (nSPS) is 12.7. The van der Waals surface area contributed by atoms with Crippen molar-refractivity contribution in [3.05, 3.63) is 93.4 Å². The minimum absolute atomic E-state index is 0.182. The number of benzene rings is 3. The summed E-state index contributed by atoms with van der Waals surface area (Å²) < 4.78 is 36.7. The molecule has 0 spiro atoms. The predicted molar refractivity (Wildman–Crippen MR) is 145 cm³/mol. The van der Waals surface area contributed by atoms with Crippen LogP contribution in [0.5, 0.6) is 5.75 Å². The molecule has 0 amide bonds. The van der Waals surface area contributed by atoms with E-state index in [9.17, 15) is 13.2 Å². The average Bonchev–Trinajstić information content (AvgIpc) is 2.88. The summed E-state index contributed by atoms with van der Waals surface area (Å²) in [5.41, 5.74) is 0.842. The molecule has 0 N–H and O–H groups in total. The van der Waals surface area contributed by atoms with E-state index in [2.05, 4.69) is 15.9 Å². The summed E-state index contributed by atoms with van der Waals surface area (Å²) in [7, 11) is -3.87. The molecule has 4 rings (SSSR count). The fraction of sp³-hybridized carbons (Fsp3) is 0.259. The number of ether oxygens (including phenoxy) is 1. The molecule has 1 unspecified atom stereocenters. The molecule has 1 aromatic heterocycles. The van der Waals surface area contributed by atoms with E-state index < -0.39 is 16.1 Å². The van der Waals surface area contributed by atoms with Gasteiger partial charge in [-0.15, -0.1) is 0 Å². The van der Waals surface area contributed by atoms with Crippen molar-refractivity contribution < 1.29 is 13.2 Å². The summed E-state index contributed by atoms with van der Waals surface area (Å²) in [6.07, 6.45) is 0.598. The second-order valence-electron chi connectivity index (χ2n) is 8.30. The number of rotatable bonds is 9. The summed E-state index contributed by atoms with van der Waals surface area (Å²) in [6.45, 7) is 6.39. The second kappa shape index (κ2) is 10.9. The van der Waals surface area contributed by atoms with Crippen molar-refractivity contribution >= 4 is 36.9 Å². The highest BCUT2D eigenvalue weighted by Crippen LogP contribution is 2.29. The zero-order chi connectivity index (χ0) is 25.9. The van der Waals surface area contributed by atoms with Crippen LogP contribution in [0.4, 0.5) is 0 Å². The van der Waals surface area contributed by atoms with Crippen molar-refractivity contribution in [2.45, 2.75) is 38.1 Å². The minimum Gasteiger partial charge on any atom is -0.494 e. The lowest BCUT2D eigenvalue weighted by atomic mass is 10.2. The molecule has 3 aromatic carbocycles. The topological polar surface area (TPSA) is 81.5 Å². The molecule has 0 aliphatic heterocycles. The van der Waals surface area contributed by atoms with Crippen molar-refractivity contribution in [1.82, 2.24) is 13.9 Å². The number of halogens is 1. The Hall–Kier alpha value is -3.01. The van der Waals surface area contributed by atoms with E-state index >= 15 is 0 Å². The molecule has 1 atom stereocenters. The number of para-hydroxylation sites is 1. The number of fused-ring (bicyclic) bond motifs is 1. The third-order valence-corrected chi connectivity index (χ3v) is 8.39. The van der Waals surface area contributed by atoms with Crippen molar-refractivity contribution in [3.63, 3.8) is 0 Å². The molecule has 9 heteroatoms. The molecule has 188 valence electrons. The van der Waals surface area contributed by atoms with Crippen molar-refractivity contribution in [2.75, 3.05) is 13.2 Å². The summed E-state index contributed by atoms with van der Waals surface area (Å²) in [5.74, 6) is 1.03. The predicted octanol–water partition coefficient (Wildman–Crippen LogP) is 5.71. The maximum Gasteiger partial charge on any atom is 0.266 e. The molecule has 0 aliphatic rings. The van der Waals surface area contributed by atoms with Gasteiger partial charge in [0.05, 0.1) is 34.1 Å². The van der Waals surface area contributed by atoms with E-state index in [1.54, 1.807) is 73.7 Å². The Labute approximate surface area is 219 Å². The number of nitrogens with zero attached hydrogens (tertiary/aromatic N) is 3. The van der Waals surface area contributed by atoms with Gasteiger partial charge in [0.2, 0.25) is 10.0 Å². The van der Waals surface area contributed by atoms with Crippen LogP contribution < -0.4 is 10.3 Å². The van der Waals surface area contributed by atoms with Gasteiger partial charge in [-0.3, -0.25) is 9.36 Å². The van der Waals surface area contributed by atoms with Crippen LogP contribution in [0.3, 0.4) is 0 Å². The minimum atomic E-state index is -3.87. The highest BCUT2D eigenvalue weighted by Gasteiger charge is 2.32. The summed E-state index contributed by atoms with van der Waals surface area (Å²) >= 11 is 3.36. The van der Waals surface area contributed by atoms with Crippen LogP contribution in [0.2, 0.25) is 0 Å². The second-order valence-corrected chi connectivity index (χ2v) is 11.1. The van der Waals surface area contributed by atoms with Crippen LogP contribution in [0.15, 0.2) is 87.0 Å². The molecule has 1 heterocycles. The molecule has 0 radical (unpaired) electrons. The first-order valence-corrected chi connectivity index (χ1v) is 14.0. The van der Waals surface area contributed by atoms with Gasteiger partial charge in [0.1, 0.15) is 11.6 Å². The van der Waals surface area contributed by atoms with Gasteiger partial charge in [0, 0.05) is 11.0 Å². The Morgan fingerprint density at radius 1 is 1.00 bits per heavy atom. The fourth-order valence-electron chi connectivity index (χ4n) is 4.15. The first-order valence-electron chi connectivity index (χ1n) is 11.8. The highest BCUT2D eigenvalue weighted by molar-refractivity contribution is 9.10. The van der Waals surface area contributed by atoms with E-state index in [0.717, 1.165) is 4.47 Å². The van der Waals surface area contributed by atoms with Crippen LogP contribution in [0.1, 0.15) is 39.1 Å². The SMILES string of the molecule is CCCN(C(C)c1nc2ccccc2c(=O)n1-c1ccc(OCC)cc1)S(=O)(=O)c1ccc(Br)cc1. The van der Waals surface area contributed by atoms with Gasteiger partial charge < -0.3 is 4.74 Å². The van der Waals surface area contributed by atoms with Crippen LogP contribution in [0, 0.1) is 0 Å². The first-order chi connectivity index (χ1) is 17.3. The summed E-state index contributed by atoms with van der Waals surface area (Å²) in [6, 6.07) is 20.1.